The largest absolute Gasteiger partial charge is 0.314 e. The lowest BCUT2D eigenvalue weighted by molar-refractivity contribution is 0.0486. The number of rotatable bonds is 7. The van der Waals surface area contributed by atoms with E-state index in [2.05, 4.69) is 23.8 Å². The van der Waals surface area contributed by atoms with Crippen LogP contribution in [0, 0.1) is 0 Å². The number of hydrogen-bond acceptors (Lipinski definition) is 2. The van der Waals surface area contributed by atoms with Gasteiger partial charge in [-0.3, -0.25) is 0 Å². The molecule has 18 heavy (non-hydrogen) atoms. The van der Waals surface area contributed by atoms with Crippen LogP contribution in [0.1, 0.15) is 57.8 Å². The van der Waals surface area contributed by atoms with Crippen LogP contribution in [-0.2, 0) is 0 Å². The van der Waals surface area contributed by atoms with Crippen molar-refractivity contribution in [3.63, 3.8) is 0 Å². The van der Waals surface area contributed by atoms with Crippen LogP contribution in [0.4, 0.5) is 0 Å². The van der Waals surface area contributed by atoms with Crippen LogP contribution in [0.15, 0.2) is 12.7 Å². The lowest BCUT2D eigenvalue weighted by atomic mass is 9.82. The second-order valence-corrected chi connectivity index (χ2v) is 6.16. The molecule has 2 bridgehead atoms. The molecule has 0 spiro atoms. The molecule has 104 valence electrons. The summed E-state index contributed by atoms with van der Waals surface area (Å²) in [4.78, 5) is 2.64. The second-order valence-electron chi connectivity index (χ2n) is 6.16. The molecule has 2 saturated heterocycles. The Bertz CT molecular complexity index is 237. The highest BCUT2D eigenvalue weighted by Gasteiger charge is 2.35. The summed E-state index contributed by atoms with van der Waals surface area (Å²) in [6.45, 7) is 4.98. The lowest BCUT2D eigenvalue weighted by Gasteiger charge is -2.47. The van der Waals surface area contributed by atoms with E-state index in [1.54, 1.807) is 0 Å². The van der Waals surface area contributed by atoms with E-state index < -0.39 is 0 Å². The van der Waals surface area contributed by atoms with Gasteiger partial charge in [0.25, 0.3) is 0 Å². The Morgan fingerprint density at radius 2 is 1.89 bits per heavy atom. The van der Waals surface area contributed by atoms with Crippen LogP contribution in [0.5, 0.6) is 0 Å². The van der Waals surface area contributed by atoms with Crippen molar-refractivity contribution in [2.45, 2.75) is 75.9 Å². The van der Waals surface area contributed by atoms with Gasteiger partial charge < -0.3 is 10.2 Å². The molecule has 2 unspecified atom stereocenters. The van der Waals surface area contributed by atoms with Gasteiger partial charge in [0.05, 0.1) is 0 Å². The summed E-state index contributed by atoms with van der Waals surface area (Å²) in [5, 5.41) is 3.80. The van der Waals surface area contributed by atoms with E-state index in [4.69, 9.17) is 0 Å². The molecule has 2 atom stereocenters. The quantitative estimate of drug-likeness (QED) is 0.551. The van der Waals surface area contributed by atoms with Gasteiger partial charge >= 0.3 is 0 Å². The highest BCUT2D eigenvalue weighted by Crippen LogP contribution is 2.32. The van der Waals surface area contributed by atoms with Gasteiger partial charge in [0.15, 0.2) is 0 Å². The first kappa shape index (κ1) is 14.1. The smallest absolute Gasteiger partial charge is 0.0110 e. The van der Waals surface area contributed by atoms with E-state index in [1.165, 1.54) is 64.3 Å². The molecule has 2 fully saturated rings. The maximum absolute atomic E-state index is 3.80. The molecular weight excluding hydrogens is 220 g/mol. The van der Waals surface area contributed by atoms with Gasteiger partial charge in [0.1, 0.15) is 0 Å². The molecule has 0 radical (unpaired) electrons. The van der Waals surface area contributed by atoms with E-state index in [0.717, 1.165) is 18.1 Å². The summed E-state index contributed by atoms with van der Waals surface area (Å²) >= 11 is 0. The fraction of sp³-hybridized carbons (Fsp3) is 0.875. The van der Waals surface area contributed by atoms with Crippen LogP contribution in [0.3, 0.4) is 0 Å². The van der Waals surface area contributed by atoms with E-state index in [0.29, 0.717) is 0 Å². The third-order valence-corrected chi connectivity index (χ3v) is 4.86. The predicted molar refractivity (Wildman–Crippen MR) is 78.9 cm³/mol. The van der Waals surface area contributed by atoms with Crippen LogP contribution in [-0.4, -0.2) is 36.6 Å². The van der Waals surface area contributed by atoms with Crippen molar-refractivity contribution in [2.75, 3.05) is 13.6 Å². The van der Waals surface area contributed by atoms with Crippen molar-refractivity contribution in [1.29, 1.82) is 0 Å². The van der Waals surface area contributed by atoms with Crippen LogP contribution >= 0.6 is 0 Å². The summed E-state index contributed by atoms with van der Waals surface area (Å²) in [6, 6.07) is 2.50. The first-order valence-electron chi connectivity index (χ1n) is 7.87. The standard InChI is InChI=1S/C16H30N2/c1-3-4-5-6-7-11-17-14-12-15-9-8-10-16(13-14)18(15)2/h3,14-17H,1,4-13H2,2H3. The van der Waals surface area contributed by atoms with Crippen molar-refractivity contribution < 1.29 is 0 Å². The van der Waals surface area contributed by atoms with Crippen molar-refractivity contribution in [3.05, 3.63) is 12.7 Å². The van der Waals surface area contributed by atoms with Crippen LogP contribution in [0.25, 0.3) is 0 Å². The Balaban J connectivity index is 1.61. The molecular formula is C16H30N2. The fourth-order valence-electron chi connectivity index (χ4n) is 3.68. The molecule has 2 heterocycles. The van der Waals surface area contributed by atoms with Gasteiger partial charge in [0.2, 0.25) is 0 Å². The Hall–Kier alpha value is -0.340. The zero-order valence-corrected chi connectivity index (χ0v) is 12.0. The Kier molecular flexibility index (Phi) is 5.71. The lowest BCUT2D eigenvalue weighted by Crippen LogP contribution is -2.54. The van der Waals surface area contributed by atoms with Gasteiger partial charge in [-0.15, -0.1) is 6.58 Å². The number of nitrogens with one attached hydrogen (secondary N) is 1. The molecule has 1 N–H and O–H groups in total. The monoisotopic (exact) mass is 250 g/mol. The van der Waals surface area contributed by atoms with Gasteiger partial charge in [-0.1, -0.05) is 18.9 Å². The first-order valence-corrected chi connectivity index (χ1v) is 7.87. The average molecular weight is 250 g/mol. The topological polar surface area (TPSA) is 15.3 Å². The second kappa shape index (κ2) is 7.30. The summed E-state index contributed by atoms with van der Waals surface area (Å²) in [6.07, 6.45) is 14.2. The first-order chi connectivity index (χ1) is 8.81. The van der Waals surface area contributed by atoms with Crippen molar-refractivity contribution in [3.8, 4) is 0 Å². The number of allylic oxidation sites excluding steroid dienone is 1. The Morgan fingerprint density at radius 1 is 1.17 bits per heavy atom. The molecule has 0 aromatic heterocycles. The van der Waals surface area contributed by atoms with Crippen LogP contribution < -0.4 is 5.32 Å². The molecule has 2 aliphatic rings. The summed E-state index contributed by atoms with van der Waals surface area (Å²) in [7, 11) is 2.33. The maximum atomic E-state index is 3.80. The van der Waals surface area contributed by atoms with Gasteiger partial charge in [-0.25, -0.2) is 0 Å². The average Bonchev–Trinajstić information content (AvgIpc) is 2.34. The highest BCUT2D eigenvalue weighted by molar-refractivity contribution is 4.93. The zero-order chi connectivity index (χ0) is 12.8. The number of piperidine rings is 2. The van der Waals surface area contributed by atoms with E-state index >= 15 is 0 Å². The molecule has 2 heteroatoms. The minimum atomic E-state index is 0.788. The third kappa shape index (κ3) is 3.83. The normalized spacial score (nSPS) is 32.4. The van der Waals surface area contributed by atoms with Crippen molar-refractivity contribution in [1.82, 2.24) is 10.2 Å². The van der Waals surface area contributed by atoms with E-state index in [-0.39, 0.29) is 0 Å². The van der Waals surface area contributed by atoms with E-state index in [1.807, 2.05) is 6.08 Å². The maximum Gasteiger partial charge on any atom is 0.0110 e. The molecule has 2 nitrogen and oxygen atoms in total. The zero-order valence-electron chi connectivity index (χ0n) is 12.0. The van der Waals surface area contributed by atoms with E-state index in [9.17, 15) is 0 Å². The number of hydrogen-bond donors (Lipinski definition) is 1. The molecule has 2 rings (SSSR count). The molecule has 0 amide bonds. The highest BCUT2D eigenvalue weighted by atomic mass is 15.2. The van der Waals surface area contributed by atoms with Crippen molar-refractivity contribution in [2.24, 2.45) is 0 Å². The predicted octanol–water partition coefficient (Wildman–Crippen LogP) is 3.34. The SMILES string of the molecule is C=CCCCCCNC1CC2CCCC(C1)N2C. The minimum absolute atomic E-state index is 0.788. The molecule has 2 aliphatic heterocycles. The summed E-state index contributed by atoms with van der Waals surface area (Å²) in [5.41, 5.74) is 0. The number of fused-ring (bicyclic) bond motifs is 2. The van der Waals surface area contributed by atoms with Crippen LogP contribution in [0.2, 0.25) is 0 Å². The molecule has 0 saturated carbocycles. The van der Waals surface area contributed by atoms with Crippen molar-refractivity contribution >= 4 is 0 Å². The molecule has 0 aromatic carbocycles. The molecule has 0 aliphatic carbocycles. The Morgan fingerprint density at radius 3 is 2.56 bits per heavy atom. The molecule has 0 aromatic rings. The summed E-state index contributed by atoms with van der Waals surface area (Å²) in [5.74, 6) is 0. The van der Waals surface area contributed by atoms with Gasteiger partial charge in [-0.2, -0.15) is 0 Å². The Labute approximate surface area is 113 Å². The van der Waals surface area contributed by atoms with Gasteiger partial charge in [-0.05, 0) is 58.5 Å². The van der Waals surface area contributed by atoms with Gasteiger partial charge in [0, 0.05) is 18.1 Å². The summed E-state index contributed by atoms with van der Waals surface area (Å²) < 4.78 is 0. The fourth-order valence-corrected chi connectivity index (χ4v) is 3.68. The number of nitrogens with zero attached hydrogens (tertiary/aromatic N) is 1. The minimum Gasteiger partial charge on any atom is -0.314 e. The third-order valence-electron chi connectivity index (χ3n) is 4.86. The number of unbranched alkanes of at least 4 members (excludes halogenated alkanes) is 3.